The number of thiazole rings is 1. The number of nitrogen functional groups attached to an aromatic ring is 1. The van der Waals surface area contributed by atoms with Gasteiger partial charge in [-0.15, -0.1) is 6.42 Å². The molecule has 1 rings (SSSR count). The molecule has 1 heterocycles. The van der Waals surface area contributed by atoms with E-state index in [9.17, 15) is 4.79 Å². The summed E-state index contributed by atoms with van der Waals surface area (Å²) in [6.45, 7) is 5.89. The maximum atomic E-state index is 11.9. The average Bonchev–Trinajstić information content (AvgIpc) is 2.65. The van der Waals surface area contributed by atoms with Crippen LogP contribution in [0.1, 0.15) is 36.9 Å². The second-order valence-electron chi connectivity index (χ2n) is 4.13. The molecule has 6 heteroatoms. The summed E-state index contributed by atoms with van der Waals surface area (Å²) >= 11 is 1.23. The van der Waals surface area contributed by atoms with Crippen molar-refractivity contribution in [1.29, 1.82) is 0 Å². The quantitative estimate of drug-likeness (QED) is 0.708. The number of terminal acetylenes is 1. The highest BCUT2D eigenvalue weighted by molar-refractivity contribution is 7.18. The van der Waals surface area contributed by atoms with Gasteiger partial charge in [-0.05, 0) is 20.3 Å². The minimum absolute atomic E-state index is 0.229. The molecule has 98 valence electrons. The fourth-order valence-electron chi connectivity index (χ4n) is 1.29. The molecule has 1 atom stereocenters. The number of anilines is 2. The Labute approximate surface area is 111 Å². The summed E-state index contributed by atoms with van der Waals surface area (Å²) in [5.74, 6) is 2.46. The van der Waals surface area contributed by atoms with Gasteiger partial charge in [0.25, 0.3) is 5.91 Å². The van der Waals surface area contributed by atoms with E-state index >= 15 is 0 Å². The van der Waals surface area contributed by atoms with Crippen molar-refractivity contribution in [2.75, 3.05) is 11.1 Å². The van der Waals surface area contributed by atoms with Gasteiger partial charge in [0.1, 0.15) is 10.7 Å². The highest BCUT2D eigenvalue weighted by atomic mass is 32.1. The SMILES string of the molecule is C#CC(CC)NC(=O)c1sc(NC(C)C)nc1N. The molecule has 5 nitrogen and oxygen atoms in total. The number of carbonyl (C=O) groups is 1. The molecule has 0 spiro atoms. The lowest BCUT2D eigenvalue weighted by atomic mass is 10.2. The normalized spacial score (nSPS) is 11.9. The van der Waals surface area contributed by atoms with Crippen LogP contribution in [0.4, 0.5) is 10.9 Å². The van der Waals surface area contributed by atoms with Gasteiger partial charge in [-0.2, -0.15) is 0 Å². The summed E-state index contributed by atoms with van der Waals surface area (Å²) in [7, 11) is 0. The van der Waals surface area contributed by atoms with Gasteiger partial charge in [-0.25, -0.2) is 4.98 Å². The predicted octanol–water partition coefficient (Wildman–Crippen LogP) is 1.69. The molecule has 1 unspecified atom stereocenters. The Hall–Kier alpha value is -1.74. The van der Waals surface area contributed by atoms with Crippen LogP contribution < -0.4 is 16.4 Å². The third-order valence-corrected chi connectivity index (χ3v) is 3.19. The van der Waals surface area contributed by atoms with E-state index in [2.05, 4.69) is 21.5 Å². The van der Waals surface area contributed by atoms with E-state index in [-0.39, 0.29) is 23.8 Å². The Morgan fingerprint density at radius 1 is 1.61 bits per heavy atom. The standard InChI is InChI=1S/C12H18N4OS/c1-5-8(6-2)15-11(17)9-10(13)16-12(18-9)14-7(3)4/h1,7-8H,6,13H2,2-4H3,(H,14,16)(H,15,17). The Bertz CT molecular complexity index is 461. The molecule has 0 saturated heterocycles. The number of amides is 1. The second-order valence-corrected chi connectivity index (χ2v) is 5.13. The fourth-order valence-corrected chi connectivity index (χ4v) is 2.22. The summed E-state index contributed by atoms with van der Waals surface area (Å²) in [5, 5.41) is 6.48. The number of hydrogen-bond acceptors (Lipinski definition) is 5. The minimum atomic E-state index is -0.277. The van der Waals surface area contributed by atoms with Crippen molar-refractivity contribution < 1.29 is 4.79 Å². The van der Waals surface area contributed by atoms with Gasteiger partial charge in [0.2, 0.25) is 0 Å². The summed E-state index contributed by atoms with van der Waals surface area (Å²) in [6, 6.07) is -0.0407. The van der Waals surface area contributed by atoms with Gasteiger partial charge >= 0.3 is 0 Å². The van der Waals surface area contributed by atoms with Crippen LogP contribution in [0.25, 0.3) is 0 Å². The smallest absolute Gasteiger partial charge is 0.266 e. The van der Waals surface area contributed by atoms with Crippen molar-refractivity contribution >= 4 is 28.2 Å². The van der Waals surface area contributed by atoms with Gasteiger partial charge in [-0.3, -0.25) is 4.79 Å². The molecule has 4 N–H and O–H groups in total. The van der Waals surface area contributed by atoms with Crippen molar-refractivity contribution in [2.45, 2.75) is 39.3 Å². The van der Waals surface area contributed by atoms with Crippen LogP contribution in [0.5, 0.6) is 0 Å². The predicted molar refractivity (Wildman–Crippen MR) is 75.7 cm³/mol. The van der Waals surface area contributed by atoms with Crippen LogP contribution in [0, 0.1) is 12.3 Å². The lowest BCUT2D eigenvalue weighted by molar-refractivity contribution is 0.0950. The van der Waals surface area contributed by atoms with Gasteiger partial charge < -0.3 is 16.4 Å². The Balaban J connectivity index is 2.80. The van der Waals surface area contributed by atoms with Crippen molar-refractivity contribution in [2.24, 2.45) is 0 Å². The number of nitrogens with two attached hydrogens (primary N) is 1. The van der Waals surface area contributed by atoms with Gasteiger partial charge in [-0.1, -0.05) is 24.2 Å². The van der Waals surface area contributed by atoms with E-state index in [1.807, 2.05) is 20.8 Å². The summed E-state index contributed by atoms with van der Waals surface area (Å²) in [4.78, 5) is 16.4. The van der Waals surface area contributed by atoms with E-state index < -0.39 is 0 Å². The molecule has 1 aromatic rings. The van der Waals surface area contributed by atoms with Crippen LogP contribution in [0.3, 0.4) is 0 Å². The number of nitrogens with zero attached hydrogens (tertiary/aromatic N) is 1. The summed E-state index contributed by atoms with van der Waals surface area (Å²) < 4.78 is 0. The monoisotopic (exact) mass is 266 g/mol. The van der Waals surface area contributed by atoms with Crippen LogP contribution >= 0.6 is 11.3 Å². The Kier molecular flexibility index (Phi) is 4.98. The van der Waals surface area contributed by atoms with Gasteiger partial charge in [0.05, 0.1) is 6.04 Å². The molecule has 0 fully saturated rings. The van der Waals surface area contributed by atoms with Crippen molar-refractivity contribution in [3.05, 3.63) is 4.88 Å². The van der Waals surface area contributed by atoms with Crippen molar-refractivity contribution in [3.63, 3.8) is 0 Å². The summed E-state index contributed by atoms with van der Waals surface area (Å²) in [5.41, 5.74) is 5.72. The van der Waals surface area contributed by atoms with Crippen molar-refractivity contribution in [3.8, 4) is 12.3 Å². The molecule has 0 bridgehead atoms. The van der Waals surface area contributed by atoms with E-state index in [1.165, 1.54) is 11.3 Å². The third kappa shape index (κ3) is 3.64. The zero-order chi connectivity index (χ0) is 13.7. The van der Waals surface area contributed by atoms with Crippen LogP contribution in [-0.2, 0) is 0 Å². The maximum absolute atomic E-state index is 11.9. The van der Waals surface area contributed by atoms with E-state index in [1.54, 1.807) is 0 Å². The maximum Gasteiger partial charge on any atom is 0.266 e. The van der Waals surface area contributed by atoms with E-state index in [4.69, 9.17) is 12.2 Å². The largest absolute Gasteiger partial charge is 0.382 e. The second kappa shape index (κ2) is 6.26. The molecule has 0 radical (unpaired) electrons. The molecule has 18 heavy (non-hydrogen) atoms. The summed E-state index contributed by atoms with van der Waals surface area (Å²) in [6.07, 6.45) is 5.98. The topological polar surface area (TPSA) is 80.0 Å². The zero-order valence-corrected chi connectivity index (χ0v) is 11.6. The van der Waals surface area contributed by atoms with Crippen molar-refractivity contribution in [1.82, 2.24) is 10.3 Å². The number of aromatic nitrogens is 1. The van der Waals surface area contributed by atoms with Crippen LogP contribution in [0.2, 0.25) is 0 Å². The molecule has 0 aliphatic carbocycles. The first kappa shape index (κ1) is 14.3. The van der Waals surface area contributed by atoms with Gasteiger partial charge in [0.15, 0.2) is 5.13 Å². The fraction of sp³-hybridized carbons (Fsp3) is 0.500. The lowest BCUT2D eigenvalue weighted by Gasteiger charge is -2.09. The first-order valence-electron chi connectivity index (χ1n) is 5.77. The number of carbonyl (C=O) groups excluding carboxylic acids is 1. The van der Waals surface area contributed by atoms with Crippen LogP contribution in [-0.4, -0.2) is 23.0 Å². The molecule has 0 aliphatic heterocycles. The van der Waals surface area contributed by atoms with E-state index in [0.29, 0.717) is 16.4 Å². The number of hydrogen-bond donors (Lipinski definition) is 3. The average molecular weight is 266 g/mol. The number of rotatable bonds is 5. The minimum Gasteiger partial charge on any atom is -0.382 e. The lowest BCUT2D eigenvalue weighted by Crippen LogP contribution is -2.33. The zero-order valence-electron chi connectivity index (χ0n) is 10.8. The molecule has 0 saturated carbocycles. The highest BCUT2D eigenvalue weighted by Crippen LogP contribution is 2.25. The molecule has 0 aromatic carbocycles. The molecule has 0 aliphatic rings. The highest BCUT2D eigenvalue weighted by Gasteiger charge is 2.18. The third-order valence-electron chi connectivity index (χ3n) is 2.19. The van der Waals surface area contributed by atoms with E-state index in [0.717, 1.165) is 0 Å². The Morgan fingerprint density at radius 3 is 2.78 bits per heavy atom. The molecule has 1 amide bonds. The first-order chi connectivity index (χ1) is 8.47. The first-order valence-corrected chi connectivity index (χ1v) is 6.59. The van der Waals surface area contributed by atoms with Crippen LogP contribution in [0.15, 0.2) is 0 Å². The molecule has 1 aromatic heterocycles. The number of nitrogens with one attached hydrogen (secondary N) is 2. The Morgan fingerprint density at radius 2 is 2.28 bits per heavy atom. The van der Waals surface area contributed by atoms with Gasteiger partial charge in [0, 0.05) is 6.04 Å². The molecular formula is C12H18N4OS. The molecular weight excluding hydrogens is 248 g/mol.